The molecule has 0 N–H and O–H groups in total. The van der Waals surface area contributed by atoms with Crippen LogP contribution in [0.25, 0.3) is 0 Å². The third-order valence-electron chi connectivity index (χ3n) is 4.33. The second-order valence-electron chi connectivity index (χ2n) is 6.00. The largest absolute Gasteiger partial charge is 0.416 e. The number of rotatable bonds is 3. The molecular formula is C18H14F3N3O3. The van der Waals surface area contributed by atoms with Crippen LogP contribution >= 0.6 is 0 Å². The summed E-state index contributed by atoms with van der Waals surface area (Å²) in [5.41, 5.74) is 0.373. The SMILES string of the molecule is N#Cc1cc([N+](=O)[O-])ccc1N1CCOC(c2ccc(C(F)(F)F)cc2)C1. The lowest BCUT2D eigenvalue weighted by molar-refractivity contribution is -0.384. The molecule has 0 amide bonds. The maximum Gasteiger partial charge on any atom is 0.416 e. The number of non-ortho nitro benzene ring substituents is 1. The molecular weight excluding hydrogens is 363 g/mol. The summed E-state index contributed by atoms with van der Waals surface area (Å²) in [6.07, 6.45) is -4.87. The number of nitrogens with zero attached hydrogens (tertiary/aromatic N) is 3. The van der Waals surface area contributed by atoms with Crippen LogP contribution in [0.5, 0.6) is 0 Å². The highest BCUT2D eigenvalue weighted by Crippen LogP contribution is 2.33. The van der Waals surface area contributed by atoms with Gasteiger partial charge in [0.2, 0.25) is 0 Å². The van der Waals surface area contributed by atoms with Crippen molar-refractivity contribution in [2.24, 2.45) is 0 Å². The number of ether oxygens (including phenoxy) is 1. The van der Waals surface area contributed by atoms with Gasteiger partial charge in [0.1, 0.15) is 12.2 Å². The first-order valence-electron chi connectivity index (χ1n) is 8.02. The maximum absolute atomic E-state index is 12.7. The first-order chi connectivity index (χ1) is 12.8. The number of hydrogen-bond donors (Lipinski definition) is 0. The Kier molecular flexibility index (Phi) is 5.01. The van der Waals surface area contributed by atoms with Gasteiger partial charge in [-0.25, -0.2) is 0 Å². The number of alkyl halides is 3. The fourth-order valence-electron chi connectivity index (χ4n) is 2.96. The van der Waals surface area contributed by atoms with E-state index in [1.54, 1.807) is 0 Å². The highest BCUT2D eigenvalue weighted by molar-refractivity contribution is 5.63. The van der Waals surface area contributed by atoms with Crippen molar-refractivity contribution in [1.82, 2.24) is 0 Å². The van der Waals surface area contributed by atoms with Crippen molar-refractivity contribution in [3.8, 4) is 6.07 Å². The zero-order chi connectivity index (χ0) is 19.6. The molecule has 140 valence electrons. The van der Waals surface area contributed by atoms with E-state index in [2.05, 4.69) is 0 Å². The summed E-state index contributed by atoms with van der Waals surface area (Å²) < 4.78 is 43.8. The lowest BCUT2D eigenvalue weighted by atomic mass is 10.0. The van der Waals surface area contributed by atoms with Crippen molar-refractivity contribution < 1.29 is 22.8 Å². The number of hydrogen-bond acceptors (Lipinski definition) is 5. The van der Waals surface area contributed by atoms with Crippen molar-refractivity contribution in [2.45, 2.75) is 12.3 Å². The molecule has 1 heterocycles. The first-order valence-corrected chi connectivity index (χ1v) is 8.02. The number of anilines is 1. The van der Waals surface area contributed by atoms with E-state index in [0.717, 1.165) is 12.1 Å². The summed E-state index contributed by atoms with van der Waals surface area (Å²) in [4.78, 5) is 12.1. The molecule has 0 bridgehead atoms. The minimum absolute atomic E-state index is 0.164. The highest BCUT2D eigenvalue weighted by Gasteiger charge is 2.31. The Balaban J connectivity index is 1.82. The van der Waals surface area contributed by atoms with E-state index >= 15 is 0 Å². The van der Waals surface area contributed by atoms with Crippen LogP contribution in [-0.4, -0.2) is 24.6 Å². The molecule has 1 aliphatic rings. The van der Waals surface area contributed by atoms with Crippen molar-refractivity contribution in [1.29, 1.82) is 5.26 Å². The molecule has 1 unspecified atom stereocenters. The second kappa shape index (κ2) is 7.25. The lowest BCUT2D eigenvalue weighted by Crippen LogP contribution is -2.38. The molecule has 3 rings (SSSR count). The van der Waals surface area contributed by atoms with Crippen molar-refractivity contribution >= 4 is 11.4 Å². The quantitative estimate of drug-likeness (QED) is 0.595. The molecule has 0 radical (unpaired) electrons. The minimum Gasteiger partial charge on any atom is -0.370 e. The summed E-state index contributed by atoms with van der Waals surface area (Å²) in [7, 11) is 0. The van der Waals surface area contributed by atoms with Crippen LogP contribution < -0.4 is 4.90 Å². The average molecular weight is 377 g/mol. The van der Waals surface area contributed by atoms with Gasteiger partial charge in [0.25, 0.3) is 5.69 Å². The standard InChI is InChI=1S/C18H14F3N3O3/c19-18(20,21)14-3-1-12(2-4-14)17-11-23(7-8-27-17)16-6-5-15(24(25)26)9-13(16)10-22/h1-6,9,17H,7-8,11H2. The van der Waals surface area contributed by atoms with Gasteiger partial charge >= 0.3 is 6.18 Å². The maximum atomic E-state index is 12.7. The molecule has 0 aliphatic carbocycles. The fourth-order valence-corrected chi connectivity index (χ4v) is 2.96. The van der Waals surface area contributed by atoms with Gasteiger partial charge in [0.15, 0.2) is 0 Å². The zero-order valence-corrected chi connectivity index (χ0v) is 13.9. The van der Waals surface area contributed by atoms with E-state index in [0.29, 0.717) is 30.9 Å². The van der Waals surface area contributed by atoms with Crippen LogP contribution in [0.2, 0.25) is 0 Å². The molecule has 1 aliphatic heterocycles. The molecule has 1 saturated heterocycles. The van der Waals surface area contributed by atoms with Gasteiger partial charge in [0, 0.05) is 25.2 Å². The van der Waals surface area contributed by atoms with E-state index in [1.807, 2.05) is 11.0 Å². The summed E-state index contributed by atoms with van der Waals surface area (Å²) in [5, 5.41) is 20.2. The topological polar surface area (TPSA) is 79.4 Å². The van der Waals surface area contributed by atoms with E-state index in [9.17, 15) is 28.5 Å². The van der Waals surface area contributed by atoms with Crippen LogP contribution in [0, 0.1) is 21.4 Å². The molecule has 1 fully saturated rings. The number of nitro benzene ring substituents is 1. The Morgan fingerprint density at radius 3 is 2.52 bits per heavy atom. The van der Waals surface area contributed by atoms with Crippen molar-refractivity contribution in [3.63, 3.8) is 0 Å². The Morgan fingerprint density at radius 1 is 1.22 bits per heavy atom. The lowest BCUT2D eigenvalue weighted by Gasteiger charge is -2.35. The number of halogens is 3. The molecule has 0 spiro atoms. The molecule has 2 aromatic rings. The fraction of sp³-hybridized carbons (Fsp3) is 0.278. The minimum atomic E-state index is -4.40. The molecule has 2 aromatic carbocycles. The Bertz CT molecular complexity index is 891. The predicted molar refractivity (Wildman–Crippen MR) is 90.2 cm³/mol. The van der Waals surface area contributed by atoms with Gasteiger partial charge in [0.05, 0.1) is 28.3 Å². The Hall–Kier alpha value is -3.12. The Labute approximate surface area is 152 Å². The Morgan fingerprint density at radius 2 is 1.93 bits per heavy atom. The summed E-state index contributed by atoms with van der Waals surface area (Å²) in [6.45, 7) is 1.09. The van der Waals surface area contributed by atoms with Gasteiger partial charge in [-0.2, -0.15) is 18.4 Å². The average Bonchev–Trinajstić information content (AvgIpc) is 2.67. The van der Waals surface area contributed by atoms with Gasteiger partial charge in [-0.1, -0.05) is 12.1 Å². The van der Waals surface area contributed by atoms with Crippen LogP contribution in [0.1, 0.15) is 22.8 Å². The zero-order valence-electron chi connectivity index (χ0n) is 13.9. The third-order valence-corrected chi connectivity index (χ3v) is 4.33. The van der Waals surface area contributed by atoms with Crippen LogP contribution in [0.4, 0.5) is 24.5 Å². The van der Waals surface area contributed by atoms with Crippen LogP contribution in [0.3, 0.4) is 0 Å². The molecule has 27 heavy (non-hydrogen) atoms. The van der Waals surface area contributed by atoms with Gasteiger partial charge in [-0.05, 0) is 23.8 Å². The molecule has 9 heteroatoms. The number of nitriles is 1. The van der Waals surface area contributed by atoms with E-state index in [4.69, 9.17) is 4.74 Å². The summed E-state index contributed by atoms with van der Waals surface area (Å²) in [6, 6.07) is 10.7. The van der Waals surface area contributed by atoms with E-state index in [-0.39, 0.29) is 11.3 Å². The highest BCUT2D eigenvalue weighted by atomic mass is 19.4. The number of benzene rings is 2. The second-order valence-corrected chi connectivity index (χ2v) is 6.00. The molecule has 0 aromatic heterocycles. The first kappa shape index (κ1) is 18.7. The van der Waals surface area contributed by atoms with Gasteiger partial charge < -0.3 is 9.64 Å². The van der Waals surface area contributed by atoms with Crippen LogP contribution in [0.15, 0.2) is 42.5 Å². The summed E-state index contributed by atoms with van der Waals surface area (Å²) >= 11 is 0. The molecule has 0 saturated carbocycles. The number of nitro groups is 1. The van der Waals surface area contributed by atoms with E-state index in [1.165, 1.54) is 30.3 Å². The van der Waals surface area contributed by atoms with Crippen LogP contribution in [-0.2, 0) is 10.9 Å². The van der Waals surface area contributed by atoms with E-state index < -0.39 is 22.8 Å². The third kappa shape index (κ3) is 4.01. The number of morpholine rings is 1. The van der Waals surface area contributed by atoms with Gasteiger partial charge in [-0.3, -0.25) is 10.1 Å². The molecule has 1 atom stereocenters. The molecule has 6 nitrogen and oxygen atoms in total. The summed E-state index contributed by atoms with van der Waals surface area (Å²) in [5.74, 6) is 0. The van der Waals surface area contributed by atoms with Crippen molar-refractivity contribution in [3.05, 3.63) is 69.3 Å². The predicted octanol–water partition coefficient (Wildman–Crippen LogP) is 4.06. The van der Waals surface area contributed by atoms with Gasteiger partial charge in [-0.15, -0.1) is 0 Å². The normalized spacial score (nSPS) is 17.4. The smallest absolute Gasteiger partial charge is 0.370 e. The van der Waals surface area contributed by atoms with Crippen molar-refractivity contribution in [2.75, 3.05) is 24.6 Å². The monoisotopic (exact) mass is 377 g/mol.